The second-order valence-corrected chi connectivity index (χ2v) is 4.53. The third-order valence-corrected chi connectivity index (χ3v) is 3.40. The van der Waals surface area contributed by atoms with E-state index < -0.39 is 11.4 Å². The Morgan fingerprint density at radius 2 is 2.00 bits per heavy atom. The molecule has 2 N–H and O–H groups in total. The molecule has 1 aromatic carbocycles. The number of hydrogen-bond acceptors (Lipinski definition) is 2. The van der Waals surface area contributed by atoms with Gasteiger partial charge in [0.05, 0.1) is 5.41 Å². The van der Waals surface area contributed by atoms with Gasteiger partial charge in [-0.05, 0) is 18.4 Å². The zero-order chi connectivity index (χ0) is 11.4. The van der Waals surface area contributed by atoms with E-state index in [0.717, 1.165) is 25.8 Å². The van der Waals surface area contributed by atoms with Gasteiger partial charge >= 0.3 is 5.97 Å². The molecule has 0 unspecified atom stereocenters. The third kappa shape index (κ3) is 2.25. The maximum Gasteiger partial charge on any atom is 0.310 e. The highest BCUT2D eigenvalue weighted by atomic mass is 16.4. The van der Waals surface area contributed by atoms with Gasteiger partial charge in [-0.15, -0.1) is 0 Å². The zero-order valence-corrected chi connectivity index (χ0v) is 9.28. The van der Waals surface area contributed by atoms with Gasteiger partial charge in [-0.2, -0.15) is 0 Å². The molecule has 1 aliphatic carbocycles. The van der Waals surface area contributed by atoms with Crippen molar-refractivity contribution < 1.29 is 9.90 Å². The monoisotopic (exact) mass is 219 g/mol. The fraction of sp³-hybridized carbons (Fsp3) is 0.462. The Morgan fingerprint density at radius 1 is 1.31 bits per heavy atom. The van der Waals surface area contributed by atoms with Gasteiger partial charge in [0.1, 0.15) is 0 Å². The number of carboxylic acid groups (broad SMARTS) is 1. The summed E-state index contributed by atoms with van der Waals surface area (Å²) in [6.45, 7) is 1.33. The number of nitrogens with one attached hydrogen (secondary N) is 1. The lowest BCUT2D eigenvalue weighted by Crippen LogP contribution is -2.45. The van der Waals surface area contributed by atoms with Crippen LogP contribution >= 0.6 is 0 Å². The van der Waals surface area contributed by atoms with Crippen LogP contribution in [0, 0.1) is 5.41 Å². The molecule has 0 atom stereocenters. The number of benzene rings is 1. The molecule has 1 saturated carbocycles. The van der Waals surface area contributed by atoms with Gasteiger partial charge in [0, 0.05) is 13.1 Å². The number of carbonyl (C=O) groups is 1. The number of carboxylic acids is 1. The lowest BCUT2D eigenvalue weighted by Gasteiger charge is -2.37. The van der Waals surface area contributed by atoms with Gasteiger partial charge < -0.3 is 10.4 Å². The van der Waals surface area contributed by atoms with E-state index in [1.807, 2.05) is 30.3 Å². The first kappa shape index (κ1) is 11.1. The Morgan fingerprint density at radius 3 is 2.50 bits per heavy atom. The molecule has 1 aliphatic rings. The van der Waals surface area contributed by atoms with Crippen molar-refractivity contribution in [2.24, 2.45) is 5.41 Å². The Hall–Kier alpha value is -1.35. The van der Waals surface area contributed by atoms with Crippen molar-refractivity contribution in [1.82, 2.24) is 5.32 Å². The third-order valence-electron chi connectivity index (χ3n) is 3.40. The van der Waals surface area contributed by atoms with E-state index in [1.54, 1.807) is 0 Å². The summed E-state index contributed by atoms with van der Waals surface area (Å²) in [5, 5.41) is 12.4. The van der Waals surface area contributed by atoms with Gasteiger partial charge in [0.25, 0.3) is 0 Å². The van der Waals surface area contributed by atoms with Crippen molar-refractivity contribution >= 4 is 5.97 Å². The molecule has 0 heterocycles. The van der Waals surface area contributed by atoms with Gasteiger partial charge in [-0.25, -0.2) is 0 Å². The molecule has 0 aromatic heterocycles. The van der Waals surface area contributed by atoms with E-state index in [0.29, 0.717) is 6.54 Å². The summed E-state index contributed by atoms with van der Waals surface area (Å²) < 4.78 is 0. The molecular formula is C13H17NO2. The number of hydrogen-bond donors (Lipinski definition) is 2. The van der Waals surface area contributed by atoms with E-state index in [4.69, 9.17) is 5.11 Å². The van der Waals surface area contributed by atoms with Crippen LogP contribution in [0.5, 0.6) is 0 Å². The van der Waals surface area contributed by atoms with E-state index in [-0.39, 0.29) is 0 Å². The first-order valence-corrected chi connectivity index (χ1v) is 5.71. The topological polar surface area (TPSA) is 49.3 Å². The quantitative estimate of drug-likeness (QED) is 0.796. The lowest BCUT2D eigenvalue weighted by molar-refractivity contribution is -0.154. The first-order valence-electron chi connectivity index (χ1n) is 5.71. The van der Waals surface area contributed by atoms with Gasteiger partial charge in [-0.3, -0.25) is 4.79 Å². The van der Waals surface area contributed by atoms with Crippen LogP contribution in [0.2, 0.25) is 0 Å². The van der Waals surface area contributed by atoms with E-state index in [1.165, 1.54) is 5.56 Å². The van der Waals surface area contributed by atoms with Crippen molar-refractivity contribution in [2.45, 2.75) is 25.8 Å². The van der Waals surface area contributed by atoms with Crippen LogP contribution in [0.1, 0.15) is 24.8 Å². The van der Waals surface area contributed by atoms with Crippen LogP contribution in [0.25, 0.3) is 0 Å². The van der Waals surface area contributed by atoms with Crippen molar-refractivity contribution in [2.75, 3.05) is 6.54 Å². The molecule has 0 radical (unpaired) electrons. The fourth-order valence-corrected chi connectivity index (χ4v) is 2.11. The van der Waals surface area contributed by atoms with Crippen molar-refractivity contribution in [3.05, 3.63) is 35.9 Å². The largest absolute Gasteiger partial charge is 0.481 e. The minimum atomic E-state index is -0.653. The predicted octanol–water partition coefficient (Wildman–Crippen LogP) is 2.03. The molecule has 1 aromatic rings. The summed E-state index contributed by atoms with van der Waals surface area (Å²) in [7, 11) is 0. The van der Waals surface area contributed by atoms with Crippen LogP contribution in [-0.4, -0.2) is 17.6 Å². The number of aliphatic carboxylic acids is 1. The Kier molecular flexibility index (Phi) is 3.25. The molecule has 3 heteroatoms. The highest BCUT2D eigenvalue weighted by Crippen LogP contribution is 2.40. The Balaban J connectivity index is 1.82. The van der Waals surface area contributed by atoms with Crippen LogP contribution < -0.4 is 5.32 Å². The molecule has 0 bridgehead atoms. The summed E-state index contributed by atoms with van der Waals surface area (Å²) in [6.07, 6.45) is 2.66. The van der Waals surface area contributed by atoms with E-state index >= 15 is 0 Å². The standard InChI is InChI=1S/C13H17NO2/c15-12(16)13(7-4-8-13)10-14-9-11-5-2-1-3-6-11/h1-3,5-6,14H,4,7-10H2,(H,15,16). The maximum absolute atomic E-state index is 11.1. The molecular weight excluding hydrogens is 202 g/mol. The molecule has 0 amide bonds. The van der Waals surface area contributed by atoms with Crippen LogP contribution in [-0.2, 0) is 11.3 Å². The molecule has 2 rings (SSSR count). The molecule has 16 heavy (non-hydrogen) atoms. The fourth-order valence-electron chi connectivity index (χ4n) is 2.11. The Bertz CT molecular complexity index is 357. The maximum atomic E-state index is 11.1. The Labute approximate surface area is 95.5 Å². The summed E-state index contributed by atoms with van der Waals surface area (Å²) in [4.78, 5) is 11.1. The average molecular weight is 219 g/mol. The van der Waals surface area contributed by atoms with Crippen LogP contribution in [0.15, 0.2) is 30.3 Å². The highest BCUT2D eigenvalue weighted by Gasteiger charge is 2.43. The molecule has 0 aliphatic heterocycles. The second kappa shape index (κ2) is 4.66. The van der Waals surface area contributed by atoms with Gasteiger partial charge in [0.2, 0.25) is 0 Å². The van der Waals surface area contributed by atoms with Crippen LogP contribution in [0.4, 0.5) is 0 Å². The minimum Gasteiger partial charge on any atom is -0.481 e. The first-order chi connectivity index (χ1) is 7.73. The summed E-state index contributed by atoms with van der Waals surface area (Å²) in [6, 6.07) is 10.1. The van der Waals surface area contributed by atoms with Crippen molar-refractivity contribution in [3.63, 3.8) is 0 Å². The van der Waals surface area contributed by atoms with Crippen LogP contribution in [0.3, 0.4) is 0 Å². The average Bonchev–Trinajstić information content (AvgIpc) is 2.23. The number of rotatable bonds is 5. The van der Waals surface area contributed by atoms with E-state index in [9.17, 15) is 4.79 Å². The summed E-state index contributed by atoms with van der Waals surface area (Å²) in [5.74, 6) is -0.653. The molecule has 0 spiro atoms. The summed E-state index contributed by atoms with van der Waals surface area (Å²) >= 11 is 0. The highest BCUT2D eigenvalue weighted by molar-refractivity contribution is 5.76. The normalized spacial score (nSPS) is 17.8. The second-order valence-electron chi connectivity index (χ2n) is 4.53. The molecule has 0 saturated heterocycles. The lowest BCUT2D eigenvalue weighted by atomic mass is 9.69. The summed E-state index contributed by atoms with van der Waals surface area (Å²) in [5.41, 5.74) is 0.705. The van der Waals surface area contributed by atoms with E-state index in [2.05, 4.69) is 5.32 Å². The molecule has 3 nitrogen and oxygen atoms in total. The SMILES string of the molecule is O=C(O)C1(CNCc2ccccc2)CCC1. The van der Waals surface area contributed by atoms with Crippen molar-refractivity contribution in [3.8, 4) is 0 Å². The zero-order valence-electron chi connectivity index (χ0n) is 9.28. The van der Waals surface area contributed by atoms with Crippen molar-refractivity contribution in [1.29, 1.82) is 0 Å². The van der Waals surface area contributed by atoms with Gasteiger partial charge in [0.15, 0.2) is 0 Å². The molecule has 1 fully saturated rings. The van der Waals surface area contributed by atoms with Gasteiger partial charge in [-0.1, -0.05) is 36.8 Å². The minimum absolute atomic E-state index is 0.491. The predicted molar refractivity (Wildman–Crippen MR) is 62.1 cm³/mol. The smallest absolute Gasteiger partial charge is 0.310 e. The molecule has 86 valence electrons.